The Kier molecular flexibility index (Phi) is 10.5. The molecule has 0 aliphatic heterocycles. The van der Waals surface area contributed by atoms with E-state index >= 15 is 0 Å². The smallest absolute Gasteiger partial charge is 0.242 e. The van der Waals surface area contributed by atoms with Gasteiger partial charge in [0.05, 0.1) is 0 Å². The Bertz CT molecular complexity index is 765. The minimum absolute atomic E-state index is 0.0405. The van der Waals surface area contributed by atoms with Crippen LogP contribution in [-0.4, -0.2) is 41.6 Å². The van der Waals surface area contributed by atoms with E-state index in [0.717, 1.165) is 17.9 Å². The molecule has 0 saturated carbocycles. The second-order valence-corrected chi connectivity index (χ2v) is 9.03. The van der Waals surface area contributed by atoms with Gasteiger partial charge in [-0.05, 0) is 30.4 Å². The Hall–Kier alpha value is -2.27. The maximum Gasteiger partial charge on any atom is 0.242 e. The zero-order chi connectivity index (χ0) is 21.8. The van der Waals surface area contributed by atoms with Crippen LogP contribution in [0.25, 0.3) is 0 Å². The summed E-state index contributed by atoms with van der Waals surface area (Å²) in [6, 6.07) is 19.9. The molecule has 1 atom stereocenters. The van der Waals surface area contributed by atoms with Gasteiger partial charge in [-0.15, -0.1) is 0 Å². The van der Waals surface area contributed by atoms with E-state index in [2.05, 4.69) is 43.4 Å². The normalized spacial score (nSPS) is 11.9. The Morgan fingerprint density at radius 3 is 2.13 bits per heavy atom. The number of rotatable bonds is 12. The van der Waals surface area contributed by atoms with Gasteiger partial charge >= 0.3 is 0 Å². The highest BCUT2D eigenvalue weighted by Gasteiger charge is 2.25. The molecule has 0 bridgehead atoms. The van der Waals surface area contributed by atoms with Crippen molar-refractivity contribution in [3.63, 3.8) is 0 Å². The molecule has 162 valence electrons. The molecule has 5 heteroatoms. The molecular formula is C25H34N2O2S. The molecule has 0 spiro atoms. The molecule has 30 heavy (non-hydrogen) atoms. The van der Waals surface area contributed by atoms with Gasteiger partial charge in [-0.3, -0.25) is 9.59 Å². The van der Waals surface area contributed by atoms with Crippen LogP contribution in [-0.2, 0) is 21.8 Å². The van der Waals surface area contributed by atoms with Crippen LogP contribution in [0.4, 0.5) is 0 Å². The Labute approximate surface area is 185 Å². The first-order valence-corrected chi connectivity index (χ1v) is 11.9. The van der Waals surface area contributed by atoms with E-state index in [9.17, 15) is 9.59 Å². The number of hydrogen-bond donors (Lipinski definition) is 1. The first-order valence-electron chi connectivity index (χ1n) is 10.7. The van der Waals surface area contributed by atoms with Gasteiger partial charge in [0.1, 0.15) is 6.04 Å². The summed E-state index contributed by atoms with van der Waals surface area (Å²) in [4.78, 5) is 27.3. The fourth-order valence-electron chi connectivity index (χ4n) is 3.09. The zero-order valence-electron chi connectivity index (χ0n) is 18.3. The lowest BCUT2D eigenvalue weighted by molar-refractivity contribution is -0.139. The predicted octanol–water partition coefficient (Wildman–Crippen LogP) is 4.54. The first kappa shape index (κ1) is 24.0. The van der Waals surface area contributed by atoms with E-state index in [1.54, 1.807) is 16.7 Å². The quantitative estimate of drug-likeness (QED) is 0.507. The van der Waals surface area contributed by atoms with Crippen molar-refractivity contribution < 1.29 is 9.59 Å². The van der Waals surface area contributed by atoms with Crippen LogP contribution >= 0.6 is 11.8 Å². The Morgan fingerprint density at radius 1 is 0.933 bits per heavy atom. The fraction of sp³-hybridized carbons (Fsp3) is 0.440. The number of amides is 2. The topological polar surface area (TPSA) is 49.4 Å². The molecule has 0 aromatic heterocycles. The lowest BCUT2D eigenvalue weighted by Crippen LogP contribution is -2.49. The van der Waals surface area contributed by atoms with Crippen LogP contribution < -0.4 is 5.32 Å². The van der Waals surface area contributed by atoms with Crippen molar-refractivity contribution in [3.05, 3.63) is 71.8 Å². The number of hydrogen-bond acceptors (Lipinski definition) is 3. The molecule has 0 saturated heterocycles. The zero-order valence-corrected chi connectivity index (χ0v) is 19.2. The summed E-state index contributed by atoms with van der Waals surface area (Å²) in [6.45, 7) is 7.12. The highest BCUT2D eigenvalue weighted by atomic mass is 32.2. The van der Waals surface area contributed by atoms with Gasteiger partial charge in [0.25, 0.3) is 0 Å². The molecule has 2 amide bonds. The molecular weight excluding hydrogens is 392 g/mol. The Morgan fingerprint density at radius 2 is 1.53 bits per heavy atom. The summed E-state index contributed by atoms with van der Waals surface area (Å²) < 4.78 is 0. The van der Waals surface area contributed by atoms with E-state index in [-0.39, 0.29) is 11.8 Å². The SMILES string of the molecule is CC(C)CNC(=O)[C@@H](C)N(CCc1ccccc1)C(=O)CCSCc1ccccc1. The first-order chi connectivity index (χ1) is 14.5. The van der Waals surface area contributed by atoms with Crippen LogP contribution in [0.1, 0.15) is 38.3 Å². The van der Waals surface area contributed by atoms with Gasteiger partial charge in [-0.25, -0.2) is 0 Å². The van der Waals surface area contributed by atoms with Crippen molar-refractivity contribution in [1.82, 2.24) is 10.2 Å². The van der Waals surface area contributed by atoms with Crippen LogP contribution in [0.2, 0.25) is 0 Å². The number of nitrogens with one attached hydrogen (secondary N) is 1. The van der Waals surface area contributed by atoms with Crippen LogP contribution in [0.3, 0.4) is 0 Å². The molecule has 0 unspecified atom stereocenters. The summed E-state index contributed by atoms with van der Waals surface area (Å²) in [5.74, 6) is 1.98. The molecule has 4 nitrogen and oxygen atoms in total. The third-order valence-electron chi connectivity index (χ3n) is 4.91. The van der Waals surface area contributed by atoms with Crippen molar-refractivity contribution in [2.45, 2.75) is 45.4 Å². The second-order valence-electron chi connectivity index (χ2n) is 7.93. The average molecular weight is 427 g/mol. The van der Waals surface area contributed by atoms with E-state index in [0.29, 0.717) is 25.4 Å². The van der Waals surface area contributed by atoms with Crippen molar-refractivity contribution in [3.8, 4) is 0 Å². The van der Waals surface area contributed by atoms with Gasteiger partial charge in [-0.1, -0.05) is 74.5 Å². The summed E-state index contributed by atoms with van der Waals surface area (Å²) >= 11 is 1.75. The maximum absolute atomic E-state index is 13.0. The molecule has 2 rings (SSSR count). The third kappa shape index (κ3) is 8.62. The molecule has 0 aliphatic carbocycles. The monoisotopic (exact) mass is 426 g/mol. The second kappa shape index (κ2) is 13.1. The van der Waals surface area contributed by atoms with Crippen molar-refractivity contribution >= 4 is 23.6 Å². The van der Waals surface area contributed by atoms with Gasteiger partial charge in [0.2, 0.25) is 11.8 Å². The molecule has 0 fully saturated rings. The van der Waals surface area contributed by atoms with Crippen LogP contribution in [0, 0.1) is 5.92 Å². The average Bonchev–Trinajstić information content (AvgIpc) is 2.76. The van der Waals surface area contributed by atoms with Crippen molar-refractivity contribution in [1.29, 1.82) is 0 Å². The summed E-state index contributed by atoms with van der Waals surface area (Å²) in [6.07, 6.45) is 1.18. The third-order valence-corrected chi connectivity index (χ3v) is 5.94. The highest BCUT2D eigenvalue weighted by molar-refractivity contribution is 7.98. The van der Waals surface area contributed by atoms with Gasteiger partial charge in [-0.2, -0.15) is 11.8 Å². The number of nitrogens with zero attached hydrogens (tertiary/aromatic N) is 1. The summed E-state index contributed by atoms with van der Waals surface area (Å²) in [5.41, 5.74) is 2.43. The molecule has 0 aliphatic rings. The maximum atomic E-state index is 13.0. The lowest BCUT2D eigenvalue weighted by Gasteiger charge is -2.29. The number of benzene rings is 2. The fourth-order valence-corrected chi connectivity index (χ4v) is 3.98. The molecule has 2 aromatic carbocycles. The minimum atomic E-state index is -0.473. The lowest BCUT2D eigenvalue weighted by atomic mass is 10.1. The predicted molar refractivity (Wildman–Crippen MR) is 126 cm³/mol. The molecule has 0 heterocycles. The van der Waals surface area contributed by atoms with Crippen molar-refractivity contribution in [2.75, 3.05) is 18.8 Å². The van der Waals surface area contributed by atoms with E-state index < -0.39 is 6.04 Å². The summed E-state index contributed by atoms with van der Waals surface area (Å²) in [7, 11) is 0. The standard InChI is InChI=1S/C25H34N2O2S/c1-20(2)18-26-25(29)21(3)27(16-14-22-10-6-4-7-11-22)24(28)15-17-30-19-23-12-8-5-9-13-23/h4-13,20-21H,14-19H2,1-3H3,(H,26,29)/t21-/m1/s1. The highest BCUT2D eigenvalue weighted by Crippen LogP contribution is 2.15. The van der Waals surface area contributed by atoms with Crippen LogP contribution in [0.5, 0.6) is 0 Å². The van der Waals surface area contributed by atoms with Gasteiger partial charge in [0.15, 0.2) is 0 Å². The Balaban J connectivity index is 1.92. The summed E-state index contributed by atoms with van der Waals surface area (Å²) in [5, 5.41) is 2.97. The molecule has 1 N–H and O–H groups in total. The van der Waals surface area contributed by atoms with Gasteiger partial charge < -0.3 is 10.2 Å². The van der Waals surface area contributed by atoms with Crippen molar-refractivity contribution in [2.24, 2.45) is 5.92 Å². The minimum Gasteiger partial charge on any atom is -0.354 e. The van der Waals surface area contributed by atoms with E-state index in [4.69, 9.17) is 0 Å². The number of carbonyl (C=O) groups excluding carboxylic acids is 2. The van der Waals surface area contributed by atoms with E-state index in [1.165, 1.54) is 11.1 Å². The number of thioether (sulfide) groups is 1. The van der Waals surface area contributed by atoms with Gasteiger partial charge in [0, 0.05) is 31.0 Å². The van der Waals surface area contributed by atoms with E-state index in [1.807, 2.05) is 43.3 Å². The molecule has 0 radical (unpaired) electrons. The number of carbonyl (C=O) groups is 2. The molecule has 2 aromatic rings. The van der Waals surface area contributed by atoms with Crippen LogP contribution in [0.15, 0.2) is 60.7 Å². The largest absolute Gasteiger partial charge is 0.354 e.